The van der Waals surface area contributed by atoms with Crippen molar-refractivity contribution in [3.05, 3.63) is 34.1 Å². The van der Waals surface area contributed by atoms with Crippen LogP contribution in [0.5, 0.6) is 0 Å². The van der Waals surface area contributed by atoms with E-state index in [0.29, 0.717) is 27.9 Å². The van der Waals surface area contributed by atoms with Gasteiger partial charge in [-0.1, -0.05) is 0 Å². The summed E-state index contributed by atoms with van der Waals surface area (Å²) < 4.78 is 0.661. The maximum atomic E-state index is 11.2. The number of hydrogen-bond donors (Lipinski definition) is 0. The second-order valence-electron chi connectivity index (χ2n) is 4.55. The molecule has 0 aliphatic carbocycles. The first-order valence-electron chi connectivity index (χ1n) is 5.68. The molecule has 0 aromatic carbocycles. The first kappa shape index (κ1) is 13.0. The molecule has 1 unspecified atom stereocenters. The molecular weight excluding hydrogens is 293 g/mol. The molecule has 0 radical (unpaired) electrons. The third-order valence-corrected chi connectivity index (χ3v) is 3.76. The van der Waals surface area contributed by atoms with Gasteiger partial charge in [-0.3, -0.25) is 0 Å². The average Bonchev–Trinajstić information content (AvgIpc) is 2.27. The van der Waals surface area contributed by atoms with Gasteiger partial charge in [0.05, 0.1) is 0 Å². The number of aromatic nitrogens is 2. The summed E-state index contributed by atoms with van der Waals surface area (Å²) in [6, 6.07) is 3.64. The minimum atomic E-state index is -0.337. The molecule has 1 atom stereocenters. The number of nitrogens with zero attached hydrogens (tertiary/aromatic N) is 3. The topological polar surface area (TPSA) is 68.9 Å². The van der Waals surface area contributed by atoms with Gasteiger partial charge in [-0.2, -0.15) is 0 Å². The molecule has 0 bridgehead atoms. The number of rotatable bonds is 3. The van der Waals surface area contributed by atoms with Crippen LogP contribution in [-0.2, 0) is 6.42 Å². The summed E-state index contributed by atoms with van der Waals surface area (Å²) >= 11 is 1.22. The Kier molecular flexibility index (Phi) is 3.62. The maximum absolute atomic E-state index is 11.2. The number of nitro groups is 1. The molecule has 0 amide bonds. The molecule has 0 spiro atoms. The van der Waals surface area contributed by atoms with E-state index in [1.165, 1.54) is 16.9 Å². The molecule has 0 N–H and O–H groups in total. The summed E-state index contributed by atoms with van der Waals surface area (Å²) in [5, 5.41) is 11.2. The number of hydrogen-bond acceptors (Lipinski definition) is 4. The predicted octanol–water partition coefficient (Wildman–Crippen LogP) is 0.995. The Labute approximate surface area is 113 Å². The Bertz CT molecular complexity index is 614. The van der Waals surface area contributed by atoms with Crippen molar-refractivity contribution >= 4 is 37.9 Å². The zero-order chi connectivity index (χ0) is 13.3. The summed E-state index contributed by atoms with van der Waals surface area (Å²) in [5.74, 6) is 0.331. The van der Waals surface area contributed by atoms with Gasteiger partial charge in [-0.25, -0.2) is 0 Å². The van der Waals surface area contributed by atoms with Crippen LogP contribution in [0.3, 0.4) is 0 Å². The van der Waals surface area contributed by atoms with Gasteiger partial charge in [0.2, 0.25) is 0 Å². The summed E-state index contributed by atoms with van der Waals surface area (Å²) in [6.45, 7) is 4.05. The Morgan fingerprint density at radius 3 is 2.83 bits per heavy atom. The fourth-order valence-corrected chi connectivity index (χ4v) is 2.93. The Balaban J connectivity index is 2.74. The molecule has 94 valence electrons. The zero-order valence-corrected chi connectivity index (χ0v) is 12.7. The molecule has 0 aliphatic rings. The van der Waals surface area contributed by atoms with E-state index < -0.39 is 0 Å². The van der Waals surface area contributed by atoms with E-state index in [4.69, 9.17) is 0 Å². The van der Waals surface area contributed by atoms with Crippen molar-refractivity contribution in [1.82, 2.24) is 9.97 Å². The van der Waals surface area contributed by atoms with E-state index in [1.807, 2.05) is 19.9 Å². The van der Waals surface area contributed by atoms with Crippen LogP contribution in [0.25, 0.3) is 11.0 Å². The van der Waals surface area contributed by atoms with E-state index >= 15 is 0 Å². The van der Waals surface area contributed by atoms with E-state index in [9.17, 15) is 10.1 Å². The molecule has 0 saturated carbocycles. The molecule has 5 nitrogen and oxygen atoms in total. The van der Waals surface area contributed by atoms with Gasteiger partial charge in [0.15, 0.2) is 0 Å². The fraction of sp³-hybridized carbons (Fsp3) is 0.333. The predicted molar refractivity (Wildman–Crippen MR) is 72.9 cm³/mol. The van der Waals surface area contributed by atoms with E-state index in [1.54, 1.807) is 12.3 Å². The van der Waals surface area contributed by atoms with Gasteiger partial charge in [-0.15, -0.1) is 0 Å². The first-order valence-corrected chi connectivity index (χ1v) is 6.89. The number of fused-ring (bicyclic) bond motifs is 1. The van der Waals surface area contributed by atoms with Gasteiger partial charge in [-0.05, 0) is 0 Å². The molecule has 2 aromatic heterocycles. The summed E-state index contributed by atoms with van der Waals surface area (Å²) in [5.41, 5.74) is 2.07. The standard InChI is InChI=1S/C12H14AsN3O2/c1-7(2)6-9-12(16(17)18)10(13)11-8(15-9)4-3-5-14-11/h3-5,7H,6,13H2,1-2H3. The van der Waals surface area contributed by atoms with Crippen molar-refractivity contribution in [3.8, 4) is 0 Å². The number of pyridine rings is 2. The van der Waals surface area contributed by atoms with Gasteiger partial charge in [0, 0.05) is 0 Å². The molecule has 2 aromatic rings. The van der Waals surface area contributed by atoms with Crippen LogP contribution in [-0.4, -0.2) is 31.7 Å². The Morgan fingerprint density at radius 2 is 2.22 bits per heavy atom. The van der Waals surface area contributed by atoms with Crippen LogP contribution in [0.4, 0.5) is 5.69 Å². The molecule has 0 saturated heterocycles. The van der Waals surface area contributed by atoms with Gasteiger partial charge >= 0.3 is 113 Å². The van der Waals surface area contributed by atoms with Crippen molar-refractivity contribution in [3.63, 3.8) is 0 Å². The monoisotopic (exact) mass is 307 g/mol. The quantitative estimate of drug-likeness (QED) is 0.482. The van der Waals surface area contributed by atoms with Gasteiger partial charge in [0.25, 0.3) is 0 Å². The van der Waals surface area contributed by atoms with E-state index in [2.05, 4.69) is 9.97 Å². The summed E-state index contributed by atoms with van der Waals surface area (Å²) in [6.07, 6.45) is 2.25. The summed E-state index contributed by atoms with van der Waals surface area (Å²) in [7, 11) is 0. The first-order chi connectivity index (χ1) is 8.50. The van der Waals surface area contributed by atoms with Crippen LogP contribution in [0, 0.1) is 16.0 Å². The van der Waals surface area contributed by atoms with Crippen LogP contribution in [0.1, 0.15) is 19.5 Å². The van der Waals surface area contributed by atoms with Crippen molar-refractivity contribution in [1.29, 1.82) is 0 Å². The van der Waals surface area contributed by atoms with Crippen LogP contribution < -0.4 is 4.35 Å². The third-order valence-electron chi connectivity index (χ3n) is 2.61. The SMILES string of the molecule is CC(C)Cc1nc2cccnc2c([AsH2])c1[N+](=O)[O-]. The van der Waals surface area contributed by atoms with Crippen LogP contribution >= 0.6 is 0 Å². The normalized spacial score (nSPS) is 11.1. The Morgan fingerprint density at radius 1 is 1.50 bits per heavy atom. The molecule has 2 heterocycles. The van der Waals surface area contributed by atoms with Gasteiger partial charge < -0.3 is 0 Å². The van der Waals surface area contributed by atoms with Gasteiger partial charge in [0.1, 0.15) is 0 Å². The second-order valence-corrected chi connectivity index (χ2v) is 5.76. The molecular formula is C12H14AsN3O2. The van der Waals surface area contributed by atoms with Crippen LogP contribution in [0.2, 0.25) is 0 Å². The zero-order valence-electron chi connectivity index (χ0n) is 10.3. The van der Waals surface area contributed by atoms with Crippen LogP contribution in [0.15, 0.2) is 18.3 Å². The minimum absolute atomic E-state index is 0.134. The second kappa shape index (κ2) is 5.02. The van der Waals surface area contributed by atoms with Crippen molar-refractivity contribution in [2.45, 2.75) is 20.3 Å². The van der Waals surface area contributed by atoms with Crippen molar-refractivity contribution < 1.29 is 4.92 Å². The molecule has 0 aliphatic heterocycles. The molecule has 6 heteroatoms. The fourth-order valence-electron chi connectivity index (χ4n) is 1.89. The van der Waals surface area contributed by atoms with E-state index in [0.717, 1.165) is 5.52 Å². The molecule has 2 rings (SSSR count). The van der Waals surface area contributed by atoms with Crippen molar-refractivity contribution in [2.75, 3.05) is 0 Å². The third kappa shape index (κ3) is 2.36. The van der Waals surface area contributed by atoms with E-state index in [-0.39, 0.29) is 10.6 Å². The Hall–Kier alpha value is -1.48. The summed E-state index contributed by atoms with van der Waals surface area (Å²) in [4.78, 5) is 19.5. The molecule has 18 heavy (non-hydrogen) atoms. The molecule has 0 fully saturated rings. The average molecular weight is 307 g/mol. The van der Waals surface area contributed by atoms with Crippen molar-refractivity contribution in [2.24, 2.45) is 5.92 Å².